The predicted molar refractivity (Wildman–Crippen MR) is 73.5 cm³/mol. The Bertz CT molecular complexity index is 354. The van der Waals surface area contributed by atoms with Gasteiger partial charge in [-0.1, -0.05) is 64.8 Å². The van der Waals surface area contributed by atoms with E-state index in [1.54, 1.807) is 0 Å². The summed E-state index contributed by atoms with van der Waals surface area (Å²) in [6.45, 7) is 8.10. The van der Waals surface area contributed by atoms with Gasteiger partial charge in [0, 0.05) is 11.0 Å². The molecule has 1 nitrogen and oxygen atoms in total. The van der Waals surface area contributed by atoms with Gasteiger partial charge in [0.2, 0.25) is 0 Å². The van der Waals surface area contributed by atoms with E-state index in [1.807, 2.05) is 32.9 Å². The zero-order chi connectivity index (χ0) is 12.9. The number of rotatable bonds is 5. The lowest BCUT2D eigenvalue weighted by molar-refractivity contribution is 0.0858. The van der Waals surface area contributed by atoms with E-state index in [-0.39, 0.29) is 11.2 Å². The summed E-state index contributed by atoms with van der Waals surface area (Å²) >= 11 is 0. The summed E-state index contributed by atoms with van der Waals surface area (Å²) in [5, 5.41) is 0. The molecule has 0 unspecified atom stereocenters. The summed E-state index contributed by atoms with van der Waals surface area (Å²) in [5.41, 5.74) is 1.88. The van der Waals surface area contributed by atoms with Gasteiger partial charge in [0.25, 0.3) is 0 Å². The lowest BCUT2D eigenvalue weighted by Gasteiger charge is -2.16. The maximum atomic E-state index is 12.0. The average Bonchev–Trinajstić information content (AvgIpc) is 2.28. The lowest BCUT2D eigenvalue weighted by Crippen LogP contribution is -2.20. The SMILES string of the molecule is CCCCCc1ccc(C(=O)C(C)(C)C)cc1. The number of Topliss-reactive ketones (excluding diaryl/α,β-unsaturated/α-hetero) is 1. The number of hydrogen-bond donors (Lipinski definition) is 0. The molecule has 0 bridgehead atoms. The third-order valence-electron chi connectivity index (χ3n) is 2.97. The minimum absolute atomic E-state index is 0.220. The molecular weight excluding hydrogens is 208 g/mol. The van der Waals surface area contributed by atoms with Gasteiger partial charge in [0.15, 0.2) is 5.78 Å². The monoisotopic (exact) mass is 232 g/mol. The smallest absolute Gasteiger partial charge is 0.168 e. The van der Waals surface area contributed by atoms with Gasteiger partial charge in [0.1, 0.15) is 0 Å². The molecule has 1 aromatic carbocycles. The van der Waals surface area contributed by atoms with E-state index >= 15 is 0 Å². The largest absolute Gasteiger partial charge is 0.294 e. The topological polar surface area (TPSA) is 17.1 Å². The van der Waals surface area contributed by atoms with Crippen molar-refractivity contribution in [3.05, 3.63) is 35.4 Å². The van der Waals surface area contributed by atoms with Crippen molar-refractivity contribution >= 4 is 5.78 Å². The highest BCUT2D eigenvalue weighted by Crippen LogP contribution is 2.21. The van der Waals surface area contributed by atoms with Crippen molar-refractivity contribution in [2.45, 2.75) is 53.4 Å². The summed E-state index contributed by atoms with van der Waals surface area (Å²) < 4.78 is 0. The van der Waals surface area contributed by atoms with Crippen LogP contribution < -0.4 is 0 Å². The third kappa shape index (κ3) is 4.33. The number of benzene rings is 1. The first kappa shape index (κ1) is 14.0. The van der Waals surface area contributed by atoms with Gasteiger partial charge in [-0.3, -0.25) is 4.79 Å². The quantitative estimate of drug-likeness (QED) is 0.533. The summed E-state index contributed by atoms with van der Waals surface area (Å²) in [6.07, 6.45) is 4.89. The van der Waals surface area contributed by atoms with E-state index in [4.69, 9.17) is 0 Å². The highest BCUT2D eigenvalue weighted by atomic mass is 16.1. The molecule has 0 saturated heterocycles. The molecule has 1 rings (SSSR count). The molecule has 1 aromatic rings. The van der Waals surface area contributed by atoms with Gasteiger partial charge in [-0.05, 0) is 18.4 Å². The van der Waals surface area contributed by atoms with Crippen LogP contribution in [0.5, 0.6) is 0 Å². The first-order valence-corrected chi connectivity index (χ1v) is 6.59. The molecule has 0 N–H and O–H groups in total. The summed E-state index contributed by atoms with van der Waals surface area (Å²) in [5.74, 6) is 0.220. The fourth-order valence-electron chi connectivity index (χ4n) is 1.83. The van der Waals surface area contributed by atoms with Crippen LogP contribution in [0.2, 0.25) is 0 Å². The number of hydrogen-bond acceptors (Lipinski definition) is 1. The Labute approximate surface area is 105 Å². The van der Waals surface area contributed by atoms with Crippen LogP contribution in [0.25, 0.3) is 0 Å². The second-order valence-corrected chi connectivity index (χ2v) is 5.73. The number of carbonyl (C=O) groups is 1. The molecule has 1 heteroatoms. The highest BCUT2D eigenvalue weighted by Gasteiger charge is 2.22. The van der Waals surface area contributed by atoms with Crippen LogP contribution in [0, 0.1) is 5.41 Å². The van der Waals surface area contributed by atoms with Crippen molar-refractivity contribution in [1.29, 1.82) is 0 Å². The standard InChI is InChI=1S/C16H24O/c1-5-6-7-8-13-9-11-14(12-10-13)15(17)16(2,3)4/h9-12H,5-8H2,1-4H3. The normalized spacial score (nSPS) is 11.5. The Balaban J connectivity index is 2.65. The van der Waals surface area contributed by atoms with Crippen LogP contribution in [0.3, 0.4) is 0 Å². The van der Waals surface area contributed by atoms with E-state index in [1.165, 1.54) is 24.8 Å². The van der Waals surface area contributed by atoms with Crippen molar-refractivity contribution in [2.75, 3.05) is 0 Å². The van der Waals surface area contributed by atoms with Gasteiger partial charge >= 0.3 is 0 Å². The molecule has 0 radical (unpaired) electrons. The van der Waals surface area contributed by atoms with Gasteiger partial charge in [-0.25, -0.2) is 0 Å². The number of ketones is 1. The molecule has 0 heterocycles. The minimum Gasteiger partial charge on any atom is -0.294 e. The zero-order valence-corrected chi connectivity index (χ0v) is 11.5. The fourth-order valence-corrected chi connectivity index (χ4v) is 1.83. The number of aryl methyl sites for hydroxylation is 1. The maximum absolute atomic E-state index is 12.0. The summed E-state index contributed by atoms with van der Waals surface area (Å²) in [4.78, 5) is 12.0. The van der Waals surface area contributed by atoms with E-state index < -0.39 is 0 Å². The van der Waals surface area contributed by atoms with Crippen LogP contribution in [-0.2, 0) is 6.42 Å². The predicted octanol–water partition coefficient (Wildman–Crippen LogP) is 4.65. The Hall–Kier alpha value is -1.11. The highest BCUT2D eigenvalue weighted by molar-refractivity contribution is 5.99. The minimum atomic E-state index is -0.288. The molecule has 0 saturated carbocycles. The van der Waals surface area contributed by atoms with Crippen LogP contribution >= 0.6 is 0 Å². The summed E-state index contributed by atoms with van der Waals surface area (Å²) in [7, 11) is 0. The second-order valence-electron chi connectivity index (χ2n) is 5.73. The Morgan fingerprint density at radius 3 is 2.12 bits per heavy atom. The van der Waals surface area contributed by atoms with E-state index in [2.05, 4.69) is 19.1 Å². The van der Waals surface area contributed by atoms with E-state index in [9.17, 15) is 4.79 Å². The molecule has 0 amide bonds. The fraction of sp³-hybridized carbons (Fsp3) is 0.562. The van der Waals surface area contributed by atoms with E-state index in [0.717, 1.165) is 12.0 Å². The molecule has 0 spiro atoms. The molecule has 0 aliphatic carbocycles. The molecule has 94 valence electrons. The number of unbranched alkanes of at least 4 members (excludes halogenated alkanes) is 2. The van der Waals surface area contributed by atoms with Gasteiger partial charge in [-0.15, -0.1) is 0 Å². The van der Waals surface area contributed by atoms with Gasteiger partial charge in [-0.2, -0.15) is 0 Å². The third-order valence-corrected chi connectivity index (χ3v) is 2.97. The van der Waals surface area contributed by atoms with Gasteiger partial charge in [0.05, 0.1) is 0 Å². The average molecular weight is 232 g/mol. The van der Waals surface area contributed by atoms with Crippen molar-refractivity contribution in [1.82, 2.24) is 0 Å². The molecule has 0 atom stereocenters. The second kappa shape index (κ2) is 6.00. The summed E-state index contributed by atoms with van der Waals surface area (Å²) in [6, 6.07) is 8.12. The van der Waals surface area contributed by atoms with Crippen molar-refractivity contribution in [3.8, 4) is 0 Å². The van der Waals surface area contributed by atoms with Crippen molar-refractivity contribution < 1.29 is 4.79 Å². The zero-order valence-electron chi connectivity index (χ0n) is 11.5. The van der Waals surface area contributed by atoms with Crippen LogP contribution in [0.15, 0.2) is 24.3 Å². The van der Waals surface area contributed by atoms with Crippen LogP contribution in [0.1, 0.15) is 62.9 Å². The first-order chi connectivity index (χ1) is 7.95. The first-order valence-electron chi connectivity index (χ1n) is 6.59. The Morgan fingerprint density at radius 1 is 1.06 bits per heavy atom. The molecule has 0 aliphatic rings. The van der Waals surface area contributed by atoms with Gasteiger partial charge < -0.3 is 0 Å². The molecule has 0 aliphatic heterocycles. The molecule has 17 heavy (non-hydrogen) atoms. The Kier molecular flexibility index (Phi) is 4.92. The Morgan fingerprint density at radius 2 is 1.65 bits per heavy atom. The molecule has 0 aromatic heterocycles. The lowest BCUT2D eigenvalue weighted by atomic mass is 9.86. The van der Waals surface area contributed by atoms with Crippen molar-refractivity contribution in [2.24, 2.45) is 5.41 Å². The van der Waals surface area contributed by atoms with Crippen LogP contribution in [-0.4, -0.2) is 5.78 Å². The maximum Gasteiger partial charge on any atom is 0.168 e. The molecular formula is C16H24O. The van der Waals surface area contributed by atoms with Crippen molar-refractivity contribution in [3.63, 3.8) is 0 Å². The van der Waals surface area contributed by atoms with E-state index in [0.29, 0.717) is 0 Å². The van der Waals surface area contributed by atoms with Crippen LogP contribution in [0.4, 0.5) is 0 Å². The number of carbonyl (C=O) groups excluding carboxylic acids is 1. The molecule has 0 fully saturated rings.